The highest BCUT2D eigenvalue weighted by atomic mass is 35.5. The van der Waals surface area contributed by atoms with Crippen molar-refractivity contribution in [2.24, 2.45) is 17.8 Å². The van der Waals surface area contributed by atoms with E-state index in [9.17, 15) is 0 Å². The summed E-state index contributed by atoms with van der Waals surface area (Å²) < 4.78 is 5.52. The van der Waals surface area contributed by atoms with Gasteiger partial charge in [-0.3, -0.25) is 4.90 Å². The first kappa shape index (κ1) is 16.5. The Morgan fingerprint density at radius 1 is 1.08 bits per heavy atom. The zero-order chi connectivity index (χ0) is 16.5. The van der Waals surface area contributed by atoms with Crippen LogP contribution in [0.3, 0.4) is 0 Å². The Labute approximate surface area is 150 Å². The highest BCUT2D eigenvalue weighted by molar-refractivity contribution is 6.30. The lowest BCUT2D eigenvalue weighted by atomic mass is 9.79. The van der Waals surface area contributed by atoms with Crippen molar-refractivity contribution in [2.45, 2.75) is 32.1 Å². The number of ether oxygens (including phenoxy) is 1. The van der Waals surface area contributed by atoms with E-state index in [1.54, 1.807) is 7.11 Å². The molecule has 0 N–H and O–H groups in total. The zero-order valence-electron chi connectivity index (χ0n) is 14.7. The fourth-order valence-corrected chi connectivity index (χ4v) is 5.31. The molecule has 24 heavy (non-hydrogen) atoms. The van der Waals surface area contributed by atoms with Gasteiger partial charge in [0.05, 0.1) is 12.8 Å². The number of hydrogen-bond acceptors (Lipinski definition) is 3. The monoisotopic (exact) mass is 348 g/mol. The highest BCUT2D eigenvalue weighted by Crippen LogP contribution is 2.45. The van der Waals surface area contributed by atoms with Gasteiger partial charge >= 0.3 is 0 Å². The first-order chi connectivity index (χ1) is 11.7. The minimum atomic E-state index is 0.784. The molecule has 0 aromatic heterocycles. The van der Waals surface area contributed by atoms with Crippen LogP contribution >= 0.6 is 11.6 Å². The molecule has 0 spiro atoms. The lowest BCUT2D eigenvalue weighted by Crippen LogP contribution is -2.48. The maximum absolute atomic E-state index is 6.19. The summed E-state index contributed by atoms with van der Waals surface area (Å²) in [5.41, 5.74) is 1.14. The fourth-order valence-electron chi connectivity index (χ4n) is 5.14. The number of halogens is 1. The van der Waals surface area contributed by atoms with Gasteiger partial charge in [-0.25, -0.2) is 0 Å². The standard InChI is InChI=1S/C20H29ClN2O/c1-24-20-7-6-18(21)13-19(20)23-10-8-22(9-11-23)14-17-5-3-15-2-4-16(17)12-15/h6-7,13,15-17H,2-5,8-12,14H2,1H3. The van der Waals surface area contributed by atoms with Crippen LogP contribution in [0.1, 0.15) is 32.1 Å². The molecule has 1 aliphatic heterocycles. The average Bonchev–Trinajstić information content (AvgIpc) is 3.00. The third kappa shape index (κ3) is 3.39. The SMILES string of the molecule is COc1ccc(Cl)cc1N1CCN(CC2CCC3CCC2C3)CC1. The largest absolute Gasteiger partial charge is 0.495 e. The van der Waals surface area contributed by atoms with Crippen LogP contribution in [0, 0.1) is 17.8 Å². The van der Waals surface area contributed by atoms with Crippen molar-refractivity contribution in [2.75, 3.05) is 44.7 Å². The molecule has 2 saturated carbocycles. The van der Waals surface area contributed by atoms with Crippen LogP contribution in [0.2, 0.25) is 5.02 Å². The van der Waals surface area contributed by atoms with Gasteiger partial charge < -0.3 is 9.64 Å². The summed E-state index contributed by atoms with van der Waals surface area (Å²) in [5, 5.41) is 0.784. The molecule has 132 valence electrons. The summed E-state index contributed by atoms with van der Waals surface area (Å²) in [5.74, 6) is 3.97. The summed E-state index contributed by atoms with van der Waals surface area (Å²) in [4.78, 5) is 5.12. The maximum atomic E-state index is 6.19. The van der Waals surface area contributed by atoms with Gasteiger partial charge in [-0.1, -0.05) is 24.4 Å². The quantitative estimate of drug-likeness (QED) is 0.807. The van der Waals surface area contributed by atoms with Crippen molar-refractivity contribution in [3.63, 3.8) is 0 Å². The van der Waals surface area contributed by atoms with Crippen molar-refractivity contribution in [3.8, 4) is 5.75 Å². The number of nitrogens with zero attached hydrogens (tertiary/aromatic N) is 2. The van der Waals surface area contributed by atoms with Crippen molar-refractivity contribution in [3.05, 3.63) is 23.2 Å². The van der Waals surface area contributed by atoms with E-state index < -0.39 is 0 Å². The van der Waals surface area contributed by atoms with E-state index in [1.807, 2.05) is 18.2 Å². The summed E-state index contributed by atoms with van der Waals surface area (Å²) in [6.07, 6.45) is 7.47. The highest BCUT2D eigenvalue weighted by Gasteiger charge is 2.36. The minimum absolute atomic E-state index is 0.784. The predicted octanol–water partition coefficient (Wildman–Crippen LogP) is 4.30. The zero-order valence-corrected chi connectivity index (χ0v) is 15.5. The molecule has 0 amide bonds. The minimum Gasteiger partial charge on any atom is -0.495 e. The van der Waals surface area contributed by atoms with E-state index in [0.717, 1.165) is 60.4 Å². The second-order valence-electron chi connectivity index (χ2n) is 7.88. The molecule has 1 aromatic carbocycles. The summed E-state index contributed by atoms with van der Waals surface area (Å²) in [6.45, 7) is 5.76. The number of methoxy groups -OCH3 is 1. The lowest BCUT2D eigenvalue weighted by Gasteiger charge is -2.40. The Balaban J connectivity index is 1.34. The van der Waals surface area contributed by atoms with E-state index in [2.05, 4.69) is 9.80 Å². The molecule has 2 aliphatic carbocycles. The molecule has 3 unspecified atom stereocenters. The molecular formula is C20H29ClN2O. The van der Waals surface area contributed by atoms with Crippen LogP contribution in [0.4, 0.5) is 5.69 Å². The molecule has 2 bridgehead atoms. The molecule has 4 rings (SSSR count). The number of anilines is 1. The molecule has 1 saturated heterocycles. The lowest BCUT2D eigenvalue weighted by molar-refractivity contribution is 0.151. The van der Waals surface area contributed by atoms with Crippen molar-refractivity contribution >= 4 is 17.3 Å². The first-order valence-corrected chi connectivity index (χ1v) is 9.91. The number of rotatable bonds is 4. The topological polar surface area (TPSA) is 15.7 Å². The second kappa shape index (κ2) is 7.13. The molecule has 4 heteroatoms. The Morgan fingerprint density at radius 3 is 2.67 bits per heavy atom. The van der Waals surface area contributed by atoms with E-state index in [4.69, 9.17) is 16.3 Å². The van der Waals surface area contributed by atoms with Gasteiger partial charge in [0.15, 0.2) is 0 Å². The Morgan fingerprint density at radius 2 is 1.88 bits per heavy atom. The van der Waals surface area contributed by atoms with Crippen LogP contribution in [0.25, 0.3) is 0 Å². The smallest absolute Gasteiger partial charge is 0.142 e. The van der Waals surface area contributed by atoms with Gasteiger partial charge in [0.1, 0.15) is 5.75 Å². The molecule has 0 radical (unpaired) electrons. The van der Waals surface area contributed by atoms with Crippen LogP contribution in [-0.4, -0.2) is 44.7 Å². The molecule has 3 nitrogen and oxygen atoms in total. The molecule has 3 fully saturated rings. The number of fused-ring (bicyclic) bond motifs is 2. The maximum Gasteiger partial charge on any atom is 0.142 e. The van der Waals surface area contributed by atoms with Crippen LogP contribution < -0.4 is 9.64 Å². The molecule has 3 aliphatic rings. The summed E-state index contributed by atoms with van der Waals surface area (Å²) >= 11 is 6.19. The van der Waals surface area contributed by atoms with Gasteiger partial charge in [-0.05, 0) is 55.2 Å². The number of hydrogen-bond donors (Lipinski definition) is 0. The fraction of sp³-hybridized carbons (Fsp3) is 0.700. The van der Waals surface area contributed by atoms with E-state index in [-0.39, 0.29) is 0 Å². The van der Waals surface area contributed by atoms with Crippen molar-refractivity contribution in [1.29, 1.82) is 0 Å². The van der Waals surface area contributed by atoms with Gasteiger partial charge in [-0.15, -0.1) is 0 Å². The normalized spacial score (nSPS) is 30.6. The Bertz CT molecular complexity index is 571. The average molecular weight is 349 g/mol. The molecule has 3 atom stereocenters. The second-order valence-corrected chi connectivity index (χ2v) is 8.32. The van der Waals surface area contributed by atoms with E-state index in [0.29, 0.717) is 0 Å². The van der Waals surface area contributed by atoms with Crippen LogP contribution in [-0.2, 0) is 0 Å². The third-order valence-corrected chi connectivity index (χ3v) is 6.78. The Hall–Kier alpha value is -0.930. The van der Waals surface area contributed by atoms with Crippen LogP contribution in [0.5, 0.6) is 5.75 Å². The van der Waals surface area contributed by atoms with Gasteiger partial charge in [-0.2, -0.15) is 0 Å². The van der Waals surface area contributed by atoms with Crippen molar-refractivity contribution in [1.82, 2.24) is 4.90 Å². The van der Waals surface area contributed by atoms with E-state index in [1.165, 1.54) is 38.6 Å². The number of piperazine rings is 1. The third-order valence-electron chi connectivity index (χ3n) is 6.54. The Kier molecular flexibility index (Phi) is 4.91. The predicted molar refractivity (Wildman–Crippen MR) is 100 cm³/mol. The van der Waals surface area contributed by atoms with Gasteiger partial charge in [0.2, 0.25) is 0 Å². The molecular weight excluding hydrogens is 320 g/mol. The molecule has 1 aromatic rings. The van der Waals surface area contributed by atoms with Gasteiger partial charge in [0, 0.05) is 37.7 Å². The number of benzene rings is 1. The van der Waals surface area contributed by atoms with Crippen LogP contribution in [0.15, 0.2) is 18.2 Å². The first-order valence-electron chi connectivity index (χ1n) is 9.54. The van der Waals surface area contributed by atoms with Gasteiger partial charge in [0.25, 0.3) is 0 Å². The van der Waals surface area contributed by atoms with Crippen molar-refractivity contribution < 1.29 is 4.74 Å². The molecule has 1 heterocycles. The van der Waals surface area contributed by atoms with E-state index >= 15 is 0 Å². The summed E-state index contributed by atoms with van der Waals surface area (Å²) in [7, 11) is 1.74. The summed E-state index contributed by atoms with van der Waals surface area (Å²) in [6, 6.07) is 5.91.